The Morgan fingerprint density at radius 2 is 1.85 bits per heavy atom. The second-order valence-corrected chi connectivity index (χ2v) is 6.32. The molecule has 0 amide bonds. The van der Waals surface area contributed by atoms with Crippen LogP contribution >= 0.6 is 11.6 Å². The van der Waals surface area contributed by atoms with Crippen molar-refractivity contribution in [2.75, 3.05) is 0 Å². The molecule has 1 aliphatic rings. The molecule has 0 aliphatic carbocycles. The van der Waals surface area contributed by atoms with E-state index in [0.717, 1.165) is 28.9 Å². The lowest BCUT2D eigenvalue weighted by atomic mass is 9.88. The first-order valence-electron chi connectivity index (χ1n) is 6.80. The molecule has 3 rings (SSSR count). The van der Waals surface area contributed by atoms with E-state index in [1.165, 1.54) is 0 Å². The normalized spacial score (nSPS) is 20.1. The van der Waals surface area contributed by atoms with Crippen molar-refractivity contribution in [3.05, 3.63) is 53.1 Å². The van der Waals surface area contributed by atoms with Crippen LogP contribution in [0.3, 0.4) is 0 Å². The van der Waals surface area contributed by atoms with Gasteiger partial charge in [0.05, 0.1) is 5.02 Å². The van der Waals surface area contributed by atoms with Crippen LogP contribution in [-0.4, -0.2) is 5.60 Å². The summed E-state index contributed by atoms with van der Waals surface area (Å²) in [5.41, 5.74) is 9.23. The van der Waals surface area contributed by atoms with E-state index in [1.54, 1.807) is 0 Å². The van der Waals surface area contributed by atoms with Crippen LogP contribution in [0.1, 0.15) is 31.9 Å². The van der Waals surface area contributed by atoms with E-state index in [-0.39, 0.29) is 11.6 Å². The maximum atomic E-state index is 6.41. The fourth-order valence-electron chi connectivity index (χ4n) is 2.75. The minimum Gasteiger partial charge on any atom is -0.486 e. The molecular weight excluding hydrogens is 270 g/mol. The molecule has 1 aliphatic heterocycles. The van der Waals surface area contributed by atoms with Crippen molar-refractivity contribution >= 4 is 11.6 Å². The predicted molar refractivity (Wildman–Crippen MR) is 83.1 cm³/mol. The number of hydrogen-bond acceptors (Lipinski definition) is 2. The summed E-state index contributed by atoms with van der Waals surface area (Å²) in [5.74, 6) is 0.732. The SMILES string of the molecule is CC1(C)CC(N)c2cc(-c3ccccc3)cc(Cl)c2O1. The van der Waals surface area contributed by atoms with Gasteiger partial charge in [-0.1, -0.05) is 41.9 Å². The molecule has 0 bridgehead atoms. The van der Waals surface area contributed by atoms with Crippen LogP contribution in [-0.2, 0) is 0 Å². The molecule has 104 valence electrons. The van der Waals surface area contributed by atoms with Gasteiger partial charge in [-0.15, -0.1) is 0 Å². The highest BCUT2D eigenvalue weighted by Crippen LogP contribution is 2.44. The van der Waals surface area contributed by atoms with Crippen molar-refractivity contribution in [3.63, 3.8) is 0 Å². The molecule has 2 N–H and O–H groups in total. The fourth-order valence-corrected chi connectivity index (χ4v) is 3.02. The Morgan fingerprint density at radius 1 is 1.15 bits per heavy atom. The lowest BCUT2D eigenvalue weighted by Crippen LogP contribution is -2.37. The van der Waals surface area contributed by atoms with E-state index in [2.05, 4.69) is 18.2 Å². The lowest BCUT2D eigenvalue weighted by Gasteiger charge is -2.36. The second-order valence-electron chi connectivity index (χ2n) is 5.91. The van der Waals surface area contributed by atoms with Crippen LogP contribution in [0.5, 0.6) is 5.75 Å². The van der Waals surface area contributed by atoms with Crippen LogP contribution in [0.25, 0.3) is 11.1 Å². The maximum absolute atomic E-state index is 6.41. The zero-order valence-electron chi connectivity index (χ0n) is 11.7. The third-order valence-corrected chi connectivity index (χ3v) is 3.95. The molecule has 0 spiro atoms. The van der Waals surface area contributed by atoms with Crippen LogP contribution in [0.4, 0.5) is 0 Å². The zero-order chi connectivity index (χ0) is 14.3. The number of fused-ring (bicyclic) bond motifs is 1. The molecule has 20 heavy (non-hydrogen) atoms. The molecule has 0 saturated heterocycles. The summed E-state index contributed by atoms with van der Waals surface area (Å²) in [7, 11) is 0. The molecule has 2 aromatic rings. The number of nitrogens with two attached hydrogens (primary N) is 1. The van der Waals surface area contributed by atoms with Crippen molar-refractivity contribution in [2.24, 2.45) is 5.73 Å². The van der Waals surface area contributed by atoms with Crippen LogP contribution < -0.4 is 10.5 Å². The number of rotatable bonds is 1. The van der Waals surface area contributed by atoms with Crippen LogP contribution in [0.2, 0.25) is 5.02 Å². The van der Waals surface area contributed by atoms with Gasteiger partial charge in [0, 0.05) is 18.0 Å². The average molecular weight is 288 g/mol. The molecule has 0 saturated carbocycles. The van der Waals surface area contributed by atoms with Gasteiger partial charge in [-0.25, -0.2) is 0 Å². The average Bonchev–Trinajstić information content (AvgIpc) is 2.40. The topological polar surface area (TPSA) is 35.2 Å². The molecule has 2 aromatic carbocycles. The Bertz CT molecular complexity index is 637. The third kappa shape index (κ3) is 2.41. The molecule has 1 unspecified atom stereocenters. The Balaban J connectivity index is 2.12. The highest BCUT2D eigenvalue weighted by molar-refractivity contribution is 6.32. The van der Waals surface area contributed by atoms with Gasteiger partial charge in [-0.3, -0.25) is 0 Å². The number of ether oxygens (including phenoxy) is 1. The van der Waals surface area contributed by atoms with Gasteiger partial charge in [-0.05, 0) is 37.1 Å². The van der Waals surface area contributed by atoms with E-state index in [4.69, 9.17) is 22.1 Å². The minimum absolute atomic E-state index is 0.0464. The van der Waals surface area contributed by atoms with E-state index < -0.39 is 0 Å². The van der Waals surface area contributed by atoms with E-state index in [0.29, 0.717) is 5.02 Å². The van der Waals surface area contributed by atoms with Crippen molar-refractivity contribution < 1.29 is 4.74 Å². The zero-order valence-corrected chi connectivity index (χ0v) is 12.4. The smallest absolute Gasteiger partial charge is 0.143 e. The third-order valence-electron chi connectivity index (χ3n) is 3.67. The molecular formula is C17H18ClNO. The minimum atomic E-state index is -0.273. The second kappa shape index (κ2) is 4.80. The van der Waals surface area contributed by atoms with E-state index in [9.17, 15) is 0 Å². The van der Waals surface area contributed by atoms with Gasteiger partial charge in [0.2, 0.25) is 0 Å². The highest BCUT2D eigenvalue weighted by atomic mass is 35.5. The largest absolute Gasteiger partial charge is 0.486 e. The summed E-state index contributed by atoms with van der Waals surface area (Å²) >= 11 is 6.41. The summed E-state index contributed by atoms with van der Waals surface area (Å²) in [6.45, 7) is 4.08. The fraction of sp³-hybridized carbons (Fsp3) is 0.294. The van der Waals surface area contributed by atoms with Gasteiger partial charge < -0.3 is 10.5 Å². The predicted octanol–water partition coefficient (Wildman–Crippen LogP) is 4.57. The van der Waals surface area contributed by atoms with E-state index in [1.807, 2.05) is 38.1 Å². The highest BCUT2D eigenvalue weighted by Gasteiger charge is 2.33. The number of halogens is 1. The molecule has 1 atom stereocenters. The summed E-state index contributed by atoms with van der Waals surface area (Å²) in [4.78, 5) is 0. The van der Waals surface area contributed by atoms with Crippen LogP contribution in [0, 0.1) is 0 Å². The monoisotopic (exact) mass is 287 g/mol. The molecule has 0 fully saturated rings. The molecule has 1 heterocycles. The quantitative estimate of drug-likeness (QED) is 0.834. The first-order valence-corrected chi connectivity index (χ1v) is 7.17. The van der Waals surface area contributed by atoms with Crippen molar-refractivity contribution in [2.45, 2.75) is 31.9 Å². The summed E-state index contributed by atoms with van der Waals surface area (Å²) < 4.78 is 6.00. The molecule has 3 heteroatoms. The van der Waals surface area contributed by atoms with Crippen LogP contribution in [0.15, 0.2) is 42.5 Å². The molecule has 2 nitrogen and oxygen atoms in total. The van der Waals surface area contributed by atoms with Crippen molar-refractivity contribution in [1.82, 2.24) is 0 Å². The summed E-state index contributed by atoms with van der Waals surface area (Å²) in [5, 5.41) is 0.629. The molecule has 0 radical (unpaired) electrons. The van der Waals surface area contributed by atoms with Gasteiger partial charge in [0.15, 0.2) is 0 Å². The first-order chi connectivity index (χ1) is 9.46. The Kier molecular flexibility index (Phi) is 3.23. The van der Waals surface area contributed by atoms with E-state index >= 15 is 0 Å². The summed E-state index contributed by atoms with van der Waals surface area (Å²) in [6.07, 6.45) is 0.786. The van der Waals surface area contributed by atoms with Crippen molar-refractivity contribution in [1.29, 1.82) is 0 Å². The Morgan fingerprint density at radius 3 is 2.55 bits per heavy atom. The lowest BCUT2D eigenvalue weighted by molar-refractivity contribution is 0.0730. The summed E-state index contributed by atoms with van der Waals surface area (Å²) in [6, 6.07) is 14.2. The van der Waals surface area contributed by atoms with Gasteiger partial charge in [0.1, 0.15) is 11.4 Å². The van der Waals surface area contributed by atoms with Gasteiger partial charge >= 0.3 is 0 Å². The number of hydrogen-bond donors (Lipinski definition) is 1. The Labute approximate surface area is 124 Å². The van der Waals surface area contributed by atoms with Gasteiger partial charge in [-0.2, -0.15) is 0 Å². The number of benzene rings is 2. The molecule has 0 aromatic heterocycles. The maximum Gasteiger partial charge on any atom is 0.143 e. The first kappa shape index (κ1) is 13.5. The standard InChI is InChI=1S/C17H18ClNO/c1-17(2)10-15(19)13-8-12(9-14(18)16(13)20-17)11-6-4-3-5-7-11/h3-9,15H,10,19H2,1-2H3. The van der Waals surface area contributed by atoms with Crippen molar-refractivity contribution in [3.8, 4) is 16.9 Å². The Hall–Kier alpha value is -1.51. The van der Waals surface area contributed by atoms with Gasteiger partial charge in [0.25, 0.3) is 0 Å².